The van der Waals surface area contributed by atoms with Crippen LogP contribution in [0.4, 0.5) is 11.5 Å². The molecular formula is C15H21N3O3. The minimum Gasteiger partial charge on any atom is -0.478 e. The third kappa shape index (κ3) is 3.71. The van der Waals surface area contributed by atoms with E-state index in [9.17, 15) is 14.7 Å². The van der Waals surface area contributed by atoms with Crippen LogP contribution in [-0.2, 0) is 4.79 Å². The van der Waals surface area contributed by atoms with Crippen molar-refractivity contribution < 1.29 is 14.7 Å². The zero-order chi connectivity index (χ0) is 15.4. The van der Waals surface area contributed by atoms with Gasteiger partial charge in [0.2, 0.25) is 5.91 Å². The Kier molecular flexibility index (Phi) is 4.77. The van der Waals surface area contributed by atoms with Gasteiger partial charge in [-0.15, -0.1) is 0 Å². The van der Waals surface area contributed by atoms with E-state index >= 15 is 0 Å². The molecule has 0 bridgehead atoms. The lowest BCUT2D eigenvalue weighted by Gasteiger charge is -2.32. The first-order chi connectivity index (χ1) is 10.0. The van der Waals surface area contributed by atoms with Crippen LogP contribution in [0.5, 0.6) is 0 Å². The number of hydrogen-bond donors (Lipinski definition) is 2. The number of anilines is 2. The fourth-order valence-corrected chi connectivity index (χ4v) is 2.57. The molecule has 1 aliphatic heterocycles. The average Bonchev–Trinajstić information content (AvgIpc) is 2.47. The molecule has 0 saturated carbocycles. The Morgan fingerprint density at radius 3 is 2.90 bits per heavy atom. The molecule has 2 N–H and O–H groups in total. The number of carboxylic acid groups (broad SMARTS) is 1. The van der Waals surface area contributed by atoms with Crippen molar-refractivity contribution >= 4 is 23.4 Å². The number of carboxylic acids is 1. The smallest absolute Gasteiger partial charge is 0.339 e. The number of amides is 1. The predicted molar refractivity (Wildman–Crippen MR) is 80.7 cm³/mol. The van der Waals surface area contributed by atoms with Crippen molar-refractivity contribution in [3.8, 4) is 0 Å². The first kappa shape index (κ1) is 15.3. The van der Waals surface area contributed by atoms with Crippen LogP contribution >= 0.6 is 0 Å². The Morgan fingerprint density at radius 2 is 2.29 bits per heavy atom. The first-order valence-corrected chi connectivity index (χ1v) is 7.29. The van der Waals surface area contributed by atoms with Crippen LogP contribution in [0.1, 0.15) is 43.5 Å². The summed E-state index contributed by atoms with van der Waals surface area (Å²) in [6.07, 6.45) is 4.06. The number of nitrogens with one attached hydrogen (secondary N) is 1. The lowest BCUT2D eigenvalue weighted by molar-refractivity contribution is -0.115. The largest absolute Gasteiger partial charge is 0.478 e. The molecule has 2 rings (SSSR count). The number of nitrogens with zero attached hydrogens (tertiary/aromatic N) is 2. The quantitative estimate of drug-likeness (QED) is 0.890. The normalized spacial score (nSPS) is 18.4. The fraction of sp³-hybridized carbons (Fsp3) is 0.533. The van der Waals surface area contributed by atoms with Gasteiger partial charge in [0, 0.05) is 19.5 Å². The number of carbonyl (C=O) groups excluding carboxylic acids is 1. The molecule has 6 nitrogen and oxygen atoms in total. The van der Waals surface area contributed by atoms with Crippen molar-refractivity contribution in [3.63, 3.8) is 0 Å². The van der Waals surface area contributed by atoms with E-state index in [0.717, 1.165) is 25.9 Å². The van der Waals surface area contributed by atoms with Gasteiger partial charge in [-0.2, -0.15) is 0 Å². The maximum atomic E-state index is 11.5. The van der Waals surface area contributed by atoms with Crippen LogP contribution in [0.25, 0.3) is 0 Å². The van der Waals surface area contributed by atoms with E-state index in [-0.39, 0.29) is 11.5 Å². The van der Waals surface area contributed by atoms with Gasteiger partial charge in [-0.1, -0.05) is 13.8 Å². The third-order valence-corrected chi connectivity index (χ3v) is 3.66. The zero-order valence-corrected chi connectivity index (χ0v) is 12.4. The van der Waals surface area contributed by atoms with E-state index in [1.54, 1.807) is 6.92 Å². The van der Waals surface area contributed by atoms with Crippen molar-refractivity contribution in [3.05, 3.63) is 17.8 Å². The standard InChI is InChI=1S/C15H21N3O3/c1-3-13(19)17-11-7-12(15(20)21)14(16-8-11)18-6-4-5-10(2)9-18/h7-8,10H,3-6,9H2,1-2H3,(H,17,19)(H,20,21)/t10-/m1/s1. The molecule has 0 aliphatic carbocycles. The van der Waals surface area contributed by atoms with Crippen LogP contribution in [0, 0.1) is 5.92 Å². The molecule has 0 aromatic carbocycles. The molecule has 1 aliphatic rings. The number of piperidine rings is 1. The van der Waals surface area contributed by atoms with E-state index < -0.39 is 5.97 Å². The minimum absolute atomic E-state index is 0.137. The van der Waals surface area contributed by atoms with Crippen molar-refractivity contribution in [2.45, 2.75) is 33.1 Å². The van der Waals surface area contributed by atoms with Gasteiger partial charge >= 0.3 is 5.97 Å². The van der Waals surface area contributed by atoms with Gasteiger partial charge < -0.3 is 15.3 Å². The Morgan fingerprint density at radius 1 is 1.52 bits per heavy atom. The number of hydrogen-bond acceptors (Lipinski definition) is 4. The van der Waals surface area contributed by atoms with Crippen molar-refractivity contribution in [1.82, 2.24) is 4.98 Å². The second-order valence-corrected chi connectivity index (χ2v) is 5.50. The molecular weight excluding hydrogens is 270 g/mol. The summed E-state index contributed by atoms with van der Waals surface area (Å²) in [5.41, 5.74) is 0.561. The van der Waals surface area contributed by atoms with Gasteiger partial charge in [-0.25, -0.2) is 9.78 Å². The monoisotopic (exact) mass is 291 g/mol. The third-order valence-electron chi connectivity index (χ3n) is 3.66. The summed E-state index contributed by atoms with van der Waals surface area (Å²) < 4.78 is 0. The molecule has 1 aromatic rings. The topological polar surface area (TPSA) is 82.5 Å². The molecule has 1 amide bonds. The molecule has 21 heavy (non-hydrogen) atoms. The molecule has 1 saturated heterocycles. The number of pyridine rings is 1. The maximum Gasteiger partial charge on any atom is 0.339 e. The van der Waals surface area contributed by atoms with Gasteiger partial charge in [0.15, 0.2) is 0 Å². The van der Waals surface area contributed by atoms with Crippen molar-refractivity contribution in [1.29, 1.82) is 0 Å². The summed E-state index contributed by atoms with van der Waals surface area (Å²) in [4.78, 5) is 29.2. The van der Waals surface area contributed by atoms with Gasteiger partial charge in [0.05, 0.1) is 11.9 Å². The van der Waals surface area contributed by atoms with Crippen LogP contribution in [-0.4, -0.2) is 35.1 Å². The van der Waals surface area contributed by atoms with Gasteiger partial charge in [-0.05, 0) is 24.8 Å². The lowest BCUT2D eigenvalue weighted by Crippen LogP contribution is -2.36. The van der Waals surface area contributed by atoms with E-state index in [2.05, 4.69) is 17.2 Å². The summed E-state index contributed by atoms with van der Waals surface area (Å²) in [6, 6.07) is 1.48. The van der Waals surface area contributed by atoms with Crippen LogP contribution in [0.3, 0.4) is 0 Å². The summed E-state index contributed by atoms with van der Waals surface area (Å²) in [5, 5.41) is 12.0. The lowest BCUT2D eigenvalue weighted by atomic mass is 10.00. The predicted octanol–water partition coefficient (Wildman–Crippen LogP) is 2.36. The Balaban J connectivity index is 2.28. The molecule has 2 heterocycles. The highest BCUT2D eigenvalue weighted by atomic mass is 16.4. The zero-order valence-electron chi connectivity index (χ0n) is 12.4. The second-order valence-electron chi connectivity index (χ2n) is 5.50. The summed E-state index contributed by atoms with van der Waals surface area (Å²) in [5.74, 6) is -0.166. The van der Waals surface area contributed by atoms with Crippen LogP contribution in [0.2, 0.25) is 0 Å². The van der Waals surface area contributed by atoms with Crippen LogP contribution in [0.15, 0.2) is 12.3 Å². The number of aromatic carboxylic acids is 1. The van der Waals surface area contributed by atoms with Crippen molar-refractivity contribution in [2.24, 2.45) is 5.92 Å². The van der Waals surface area contributed by atoms with Crippen LogP contribution < -0.4 is 10.2 Å². The number of aromatic nitrogens is 1. The first-order valence-electron chi connectivity index (χ1n) is 7.29. The highest BCUT2D eigenvalue weighted by Gasteiger charge is 2.23. The fourth-order valence-electron chi connectivity index (χ4n) is 2.57. The summed E-state index contributed by atoms with van der Waals surface area (Å²) >= 11 is 0. The number of rotatable bonds is 4. The molecule has 1 atom stereocenters. The molecule has 1 fully saturated rings. The van der Waals surface area contributed by atoms with E-state index in [1.807, 2.05) is 4.90 Å². The second kappa shape index (κ2) is 6.56. The van der Waals surface area contributed by atoms with E-state index in [0.29, 0.717) is 23.8 Å². The van der Waals surface area contributed by atoms with E-state index in [1.165, 1.54) is 12.3 Å². The average molecular weight is 291 g/mol. The number of carbonyl (C=O) groups is 2. The highest BCUT2D eigenvalue weighted by molar-refractivity contribution is 5.96. The molecule has 0 spiro atoms. The Bertz CT molecular complexity index is 545. The van der Waals surface area contributed by atoms with E-state index in [4.69, 9.17) is 0 Å². The minimum atomic E-state index is -1.02. The molecule has 114 valence electrons. The molecule has 0 radical (unpaired) electrons. The molecule has 1 aromatic heterocycles. The molecule has 6 heteroatoms. The SMILES string of the molecule is CCC(=O)Nc1cnc(N2CCC[C@@H](C)C2)c(C(=O)O)c1. The summed E-state index contributed by atoms with van der Waals surface area (Å²) in [6.45, 7) is 5.53. The highest BCUT2D eigenvalue weighted by Crippen LogP contribution is 2.26. The van der Waals surface area contributed by atoms with Crippen molar-refractivity contribution in [2.75, 3.05) is 23.3 Å². The van der Waals surface area contributed by atoms with Gasteiger partial charge in [0.25, 0.3) is 0 Å². The maximum absolute atomic E-state index is 11.5. The van der Waals surface area contributed by atoms with Gasteiger partial charge in [0.1, 0.15) is 11.4 Å². The summed E-state index contributed by atoms with van der Waals surface area (Å²) in [7, 11) is 0. The Hall–Kier alpha value is -2.11. The Labute approximate surface area is 124 Å². The van der Waals surface area contributed by atoms with Gasteiger partial charge in [-0.3, -0.25) is 4.79 Å². The molecule has 0 unspecified atom stereocenters.